The van der Waals surface area contributed by atoms with Crippen LogP contribution in [0.1, 0.15) is 11.5 Å². The first-order valence-corrected chi connectivity index (χ1v) is 8.99. The van der Waals surface area contributed by atoms with Gasteiger partial charge in [-0.2, -0.15) is 0 Å². The van der Waals surface area contributed by atoms with E-state index >= 15 is 0 Å². The highest BCUT2D eigenvalue weighted by molar-refractivity contribution is 7.89. The van der Waals surface area contributed by atoms with Crippen LogP contribution in [0.2, 0.25) is 0 Å². The zero-order valence-corrected chi connectivity index (χ0v) is 14.6. The number of benzene rings is 2. The number of hydrogen-bond acceptors (Lipinski definition) is 6. The molecule has 1 heterocycles. The summed E-state index contributed by atoms with van der Waals surface area (Å²) in [6.45, 7) is 1.87. The van der Waals surface area contributed by atoms with Crippen LogP contribution in [0.25, 0.3) is 11.5 Å². The molecule has 1 aromatic heterocycles. The molecule has 0 unspecified atom stereocenters. The van der Waals surface area contributed by atoms with Crippen molar-refractivity contribution in [3.05, 3.63) is 60.0 Å². The highest BCUT2D eigenvalue weighted by Crippen LogP contribution is 2.19. The van der Waals surface area contributed by atoms with E-state index in [9.17, 15) is 8.42 Å². The van der Waals surface area contributed by atoms with Crippen molar-refractivity contribution in [3.63, 3.8) is 0 Å². The molecule has 0 aliphatic heterocycles. The fraction of sp³-hybridized carbons (Fsp3) is 0.176. The van der Waals surface area contributed by atoms with E-state index in [0.29, 0.717) is 11.6 Å². The van der Waals surface area contributed by atoms with Gasteiger partial charge in [-0.1, -0.05) is 17.7 Å². The second kappa shape index (κ2) is 7.04. The molecule has 0 atom stereocenters. The van der Waals surface area contributed by atoms with Gasteiger partial charge in [-0.25, -0.2) is 13.1 Å². The Hall–Kier alpha value is -2.71. The highest BCUT2D eigenvalue weighted by Gasteiger charge is 2.16. The lowest BCUT2D eigenvalue weighted by atomic mass is 10.1. The molecule has 0 fully saturated rings. The number of nitrogens with zero attached hydrogens (tertiary/aromatic N) is 2. The lowest BCUT2D eigenvalue weighted by molar-refractivity contribution is 0.414. The number of aromatic nitrogens is 2. The van der Waals surface area contributed by atoms with Crippen LogP contribution >= 0.6 is 0 Å². The van der Waals surface area contributed by atoms with Gasteiger partial charge in [0, 0.05) is 5.56 Å². The molecule has 130 valence electrons. The maximum absolute atomic E-state index is 12.3. The van der Waals surface area contributed by atoms with Crippen molar-refractivity contribution in [2.24, 2.45) is 0 Å². The first-order chi connectivity index (χ1) is 12.0. The maximum atomic E-state index is 12.3. The van der Waals surface area contributed by atoms with E-state index in [1.165, 1.54) is 19.2 Å². The van der Waals surface area contributed by atoms with Gasteiger partial charge in [-0.15, -0.1) is 10.2 Å². The van der Waals surface area contributed by atoms with E-state index in [4.69, 9.17) is 9.15 Å². The van der Waals surface area contributed by atoms with Crippen LogP contribution in [0.3, 0.4) is 0 Å². The Morgan fingerprint density at radius 2 is 1.88 bits per heavy atom. The summed E-state index contributed by atoms with van der Waals surface area (Å²) in [4.78, 5) is 0.131. The molecule has 0 aliphatic carbocycles. The van der Waals surface area contributed by atoms with Crippen LogP contribution in [0.15, 0.2) is 57.8 Å². The third kappa shape index (κ3) is 4.04. The fourth-order valence-corrected chi connectivity index (χ4v) is 3.19. The average Bonchev–Trinajstić information content (AvgIpc) is 3.09. The number of aryl methyl sites for hydroxylation is 1. The van der Waals surface area contributed by atoms with Crippen molar-refractivity contribution >= 4 is 10.0 Å². The molecule has 0 bridgehead atoms. The number of hydrogen-bond donors (Lipinski definition) is 1. The van der Waals surface area contributed by atoms with E-state index in [2.05, 4.69) is 14.9 Å². The summed E-state index contributed by atoms with van der Waals surface area (Å²) in [5, 5.41) is 7.84. The van der Waals surface area contributed by atoms with E-state index in [0.717, 1.165) is 11.1 Å². The predicted molar refractivity (Wildman–Crippen MR) is 91.5 cm³/mol. The molecule has 0 spiro atoms. The van der Waals surface area contributed by atoms with Gasteiger partial charge >= 0.3 is 0 Å². The van der Waals surface area contributed by atoms with Crippen molar-refractivity contribution in [1.29, 1.82) is 0 Å². The smallest absolute Gasteiger partial charge is 0.247 e. The Labute approximate surface area is 145 Å². The number of nitrogens with one attached hydrogen (secondary N) is 1. The largest absolute Gasteiger partial charge is 0.497 e. The summed E-state index contributed by atoms with van der Waals surface area (Å²) in [6.07, 6.45) is 0. The molecule has 7 nitrogen and oxygen atoms in total. The molecule has 0 saturated heterocycles. The molecule has 0 radical (unpaired) electrons. The van der Waals surface area contributed by atoms with E-state index in [-0.39, 0.29) is 17.3 Å². The quantitative estimate of drug-likeness (QED) is 0.727. The first-order valence-electron chi connectivity index (χ1n) is 7.51. The van der Waals surface area contributed by atoms with Gasteiger partial charge in [-0.3, -0.25) is 0 Å². The summed E-state index contributed by atoms with van der Waals surface area (Å²) in [6, 6.07) is 13.7. The summed E-state index contributed by atoms with van der Waals surface area (Å²) in [7, 11) is -2.16. The van der Waals surface area contributed by atoms with E-state index in [1.54, 1.807) is 12.1 Å². The number of methoxy groups -OCH3 is 1. The summed E-state index contributed by atoms with van der Waals surface area (Å²) >= 11 is 0. The Bertz CT molecular complexity index is 966. The lowest BCUT2D eigenvalue weighted by Crippen LogP contribution is -2.23. The van der Waals surface area contributed by atoms with Crippen LogP contribution in [0.5, 0.6) is 5.75 Å². The summed E-state index contributed by atoms with van der Waals surface area (Å²) < 4.78 is 37.5. The predicted octanol–water partition coefficient (Wildman–Crippen LogP) is 2.53. The molecule has 8 heteroatoms. The molecule has 0 aliphatic rings. The highest BCUT2D eigenvalue weighted by atomic mass is 32.2. The SMILES string of the molecule is COc1ccc(S(=O)(=O)NCc2nnc(-c3cccc(C)c3)o2)cc1. The fourth-order valence-electron chi connectivity index (χ4n) is 2.21. The molecular formula is C17H17N3O4S. The van der Waals surface area contributed by atoms with Crippen LogP contribution in [0.4, 0.5) is 0 Å². The van der Waals surface area contributed by atoms with Crippen molar-refractivity contribution in [2.75, 3.05) is 7.11 Å². The number of rotatable bonds is 6. The molecule has 0 saturated carbocycles. The summed E-state index contributed by atoms with van der Waals surface area (Å²) in [5.74, 6) is 1.12. The van der Waals surface area contributed by atoms with Crippen molar-refractivity contribution in [3.8, 4) is 17.2 Å². The molecule has 3 rings (SSSR count). The van der Waals surface area contributed by atoms with Gasteiger partial charge in [-0.05, 0) is 43.3 Å². The topological polar surface area (TPSA) is 94.3 Å². The second-order valence-corrected chi connectivity index (χ2v) is 7.14. The maximum Gasteiger partial charge on any atom is 0.247 e. The van der Waals surface area contributed by atoms with Crippen LogP contribution in [-0.2, 0) is 16.6 Å². The molecule has 2 aromatic carbocycles. The average molecular weight is 359 g/mol. The summed E-state index contributed by atoms with van der Waals surface area (Å²) in [5.41, 5.74) is 1.86. The standard InChI is InChI=1S/C17H17N3O4S/c1-12-4-3-5-13(10-12)17-20-19-16(24-17)11-18-25(21,22)15-8-6-14(23-2)7-9-15/h3-10,18H,11H2,1-2H3. The van der Waals surface area contributed by atoms with Crippen molar-refractivity contribution in [2.45, 2.75) is 18.4 Å². The third-order valence-electron chi connectivity index (χ3n) is 3.52. The van der Waals surface area contributed by atoms with Gasteiger partial charge in [0.2, 0.25) is 21.8 Å². The Balaban J connectivity index is 1.70. The normalized spacial score (nSPS) is 11.4. The van der Waals surface area contributed by atoms with Crippen LogP contribution in [-0.4, -0.2) is 25.7 Å². The molecule has 3 aromatic rings. The van der Waals surface area contributed by atoms with Gasteiger partial charge in [0.15, 0.2) is 0 Å². The lowest BCUT2D eigenvalue weighted by Gasteiger charge is -2.05. The molecular weight excluding hydrogens is 342 g/mol. The number of sulfonamides is 1. The Morgan fingerprint density at radius 1 is 1.12 bits per heavy atom. The van der Waals surface area contributed by atoms with Gasteiger partial charge in [0.05, 0.1) is 18.6 Å². The molecule has 1 N–H and O–H groups in total. The van der Waals surface area contributed by atoms with Crippen LogP contribution < -0.4 is 9.46 Å². The zero-order valence-electron chi connectivity index (χ0n) is 13.8. The Kier molecular flexibility index (Phi) is 4.82. The van der Waals surface area contributed by atoms with Crippen molar-refractivity contribution < 1.29 is 17.6 Å². The first kappa shape index (κ1) is 17.1. The van der Waals surface area contributed by atoms with Crippen molar-refractivity contribution in [1.82, 2.24) is 14.9 Å². The number of ether oxygens (including phenoxy) is 1. The van der Waals surface area contributed by atoms with Gasteiger partial charge in [0.1, 0.15) is 5.75 Å². The van der Waals surface area contributed by atoms with Gasteiger partial charge in [0.25, 0.3) is 0 Å². The minimum atomic E-state index is -3.68. The Morgan fingerprint density at radius 3 is 2.56 bits per heavy atom. The zero-order chi connectivity index (χ0) is 17.9. The minimum Gasteiger partial charge on any atom is -0.497 e. The minimum absolute atomic E-state index is 0.0901. The van der Waals surface area contributed by atoms with Crippen LogP contribution in [0, 0.1) is 6.92 Å². The monoisotopic (exact) mass is 359 g/mol. The molecule has 0 amide bonds. The van der Waals surface area contributed by atoms with E-state index in [1.807, 2.05) is 31.2 Å². The van der Waals surface area contributed by atoms with Gasteiger partial charge < -0.3 is 9.15 Å². The molecule has 25 heavy (non-hydrogen) atoms. The van der Waals surface area contributed by atoms with E-state index < -0.39 is 10.0 Å². The second-order valence-electron chi connectivity index (χ2n) is 5.37. The third-order valence-corrected chi connectivity index (χ3v) is 4.93.